The Balaban J connectivity index is 0.000000177. The molecule has 3 unspecified atom stereocenters. The minimum absolute atomic E-state index is 0.0403. The van der Waals surface area contributed by atoms with Gasteiger partial charge in [0.15, 0.2) is 24.0 Å². The van der Waals surface area contributed by atoms with E-state index < -0.39 is 65.0 Å². The first-order valence-corrected chi connectivity index (χ1v) is 21.9. The first-order valence-electron chi connectivity index (χ1n) is 21.9. The number of hydrogen-bond acceptors (Lipinski definition) is 11. The number of hydrogen-bond donors (Lipinski definition) is 5. The second-order valence-electron chi connectivity index (χ2n) is 20.4. The quantitative estimate of drug-likeness (QED) is 0.220. The summed E-state index contributed by atoms with van der Waals surface area (Å²) in [6.45, 7) is 9.04. The summed E-state index contributed by atoms with van der Waals surface area (Å²) in [5.74, 6) is -0.183. The highest BCUT2D eigenvalue weighted by Gasteiger charge is 2.70. The molecule has 5 N–H and O–H groups in total. The molecule has 8 aliphatic rings. The third-order valence-corrected chi connectivity index (χ3v) is 18.0. The maximum absolute atomic E-state index is 13.1. The first kappa shape index (κ1) is 42.6. The van der Waals surface area contributed by atoms with Crippen LogP contribution in [0.3, 0.4) is 0 Å². The molecular formula is C46H66O11. The van der Waals surface area contributed by atoms with Gasteiger partial charge in [0.2, 0.25) is 5.78 Å². The fourth-order valence-corrected chi connectivity index (χ4v) is 15.0. The van der Waals surface area contributed by atoms with Gasteiger partial charge in [-0.2, -0.15) is 0 Å². The highest BCUT2D eigenvalue weighted by molar-refractivity contribution is 5.93. The number of fused-ring (bicyclic) bond motifs is 10. The number of carbonyl (C=O) groups is 5. The lowest BCUT2D eigenvalue weighted by Gasteiger charge is -2.60. The number of ketones is 4. The number of Topliss-reactive ketones (excluding diaryl/α,β-unsaturated/α-hetero) is 2. The summed E-state index contributed by atoms with van der Waals surface area (Å²) in [5.41, 5.74) is -2.60. The van der Waals surface area contributed by atoms with Crippen LogP contribution in [0.5, 0.6) is 0 Å². The van der Waals surface area contributed by atoms with E-state index in [1.807, 2.05) is 20.8 Å². The highest BCUT2D eigenvalue weighted by Crippen LogP contribution is 2.69. The summed E-state index contributed by atoms with van der Waals surface area (Å²) in [6, 6.07) is 0. The van der Waals surface area contributed by atoms with E-state index in [0.29, 0.717) is 44.9 Å². The van der Waals surface area contributed by atoms with Crippen LogP contribution in [0.1, 0.15) is 137 Å². The monoisotopic (exact) mass is 794 g/mol. The van der Waals surface area contributed by atoms with Gasteiger partial charge in [0, 0.05) is 30.1 Å². The standard InChI is InChI=1S/C25H36O6.C21H30O5/c1-4-5-21(29)31-14-20(28)25(30)11-9-18-17-7-6-15-12-16(26)8-10-23(15,2)22(17)19(27)13-24(18,25)3;1-19-7-5-13(23)9-12(19)3-4-14-15-6-8-21(26,17(25)11-22)20(15,2)10-16(24)18(14)19/h12,17-19,22,27,30H,4-11,13-14H2,1-3H3;9,14-16,18,22,24,26H,3-8,10-11H2,1-2H3/t17?,18?,19-,22?,23-,24-,25-;14-,15-,16-,18+,19-,20-,21-/m00/s1. The van der Waals surface area contributed by atoms with Crippen molar-refractivity contribution >= 4 is 29.1 Å². The Labute approximate surface area is 337 Å². The van der Waals surface area contributed by atoms with Crippen molar-refractivity contribution in [1.82, 2.24) is 0 Å². The van der Waals surface area contributed by atoms with E-state index in [2.05, 4.69) is 13.8 Å². The molecule has 0 aliphatic heterocycles. The van der Waals surface area contributed by atoms with E-state index in [9.17, 15) is 49.5 Å². The van der Waals surface area contributed by atoms with Crippen LogP contribution >= 0.6 is 0 Å². The van der Waals surface area contributed by atoms with E-state index in [4.69, 9.17) is 4.74 Å². The van der Waals surface area contributed by atoms with Crippen LogP contribution in [0.15, 0.2) is 23.3 Å². The van der Waals surface area contributed by atoms with Gasteiger partial charge < -0.3 is 30.3 Å². The molecule has 0 aromatic carbocycles. The van der Waals surface area contributed by atoms with E-state index >= 15 is 0 Å². The summed E-state index contributed by atoms with van der Waals surface area (Å²) in [4.78, 5) is 61.1. The van der Waals surface area contributed by atoms with Gasteiger partial charge in [-0.15, -0.1) is 0 Å². The van der Waals surface area contributed by atoms with Crippen LogP contribution in [0.25, 0.3) is 0 Å². The van der Waals surface area contributed by atoms with Crippen molar-refractivity contribution in [2.24, 2.45) is 57.2 Å². The molecular weight excluding hydrogens is 728 g/mol. The summed E-state index contributed by atoms with van der Waals surface area (Å²) in [7, 11) is 0. The second-order valence-corrected chi connectivity index (χ2v) is 20.4. The van der Waals surface area contributed by atoms with Crippen LogP contribution in [0.2, 0.25) is 0 Å². The van der Waals surface area contributed by atoms with Crippen LogP contribution in [-0.4, -0.2) is 91.3 Å². The molecule has 0 radical (unpaired) electrons. The third-order valence-electron chi connectivity index (χ3n) is 18.0. The predicted octanol–water partition coefficient (Wildman–Crippen LogP) is 4.91. The Morgan fingerprint density at radius 2 is 1.12 bits per heavy atom. The fourth-order valence-electron chi connectivity index (χ4n) is 15.0. The maximum Gasteiger partial charge on any atom is 0.306 e. The van der Waals surface area contributed by atoms with Crippen LogP contribution in [0, 0.1) is 57.2 Å². The second kappa shape index (κ2) is 14.9. The highest BCUT2D eigenvalue weighted by atomic mass is 16.5. The zero-order chi connectivity index (χ0) is 41.5. The largest absolute Gasteiger partial charge is 0.458 e. The SMILES string of the molecule is CCCC(=O)OCC(=O)[C@@]1(O)CCC2C3CCC4=CC(=O)CC[C@]4(C)C3[C@@H](O)C[C@@]21C.C[C@]12CCC(=O)C=C1CC[C@@H]1[C@@H]2[C@@H](O)C[C@@]2(C)[C@H]1CC[C@]2(O)C(=O)CO. The average Bonchev–Trinajstić information content (AvgIpc) is 3.59. The van der Waals surface area contributed by atoms with Crippen molar-refractivity contribution in [2.75, 3.05) is 13.2 Å². The molecule has 8 rings (SSSR count). The van der Waals surface area contributed by atoms with Gasteiger partial charge in [-0.05, 0) is 142 Å². The lowest BCUT2D eigenvalue weighted by molar-refractivity contribution is -0.184. The number of aliphatic hydroxyl groups excluding tert-OH is 3. The Morgan fingerprint density at radius 3 is 1.54 bits per heavy atom. The third kappa shape index (κ3) is 6.33. The van der Waals surface area contributed by atoms with Crippen LogP contribution in [-0.2, 0) is 28.7 Å². The molecule has 0 heterocycles. The van der Waals surface area contributed by atoms with Crippen molar-refractivity contribution in [3.8, 4) is 0 Å². The molecule has 11 nitrogen and oxygen atoms in total. The van der Waals surface area contributed by atoms with Gasteiger partial charge in [-0.25, -0.2) is 0 Å². The molecule has 0 aromatic rings. The molecule has 0 spiro atoms. The summed E-state index contributed by atoms with van der Waals surface area (Å²) >= 11 is 0. The normalized spacial score (nSPS) is 47.0. The van der Waals surface area contributed by atoms with Crippen molar-refractivity contribution in [2.45, 2.75) is 161 Å². The lowest BCUT2D eigenvalue weighted by atomic mass is 9.45. The topological polar surface area (TPSA) is 196 Å². The Morgan fingerprint density at radius 1 is 0.684 bits per heavy atom. The number of aliphatic hydroxyl groups is 5. The van der Waals surface area contributed by atoms with E-state index in [0.717, 1.165) is 51.4 Å². The molecule has 14 atom stereocenters. The molecule has 11 heteroatoms. The summed E-state index contributed by atoms with van der Waals surface area (Å²) < 4.78 is 5.13. The Kier molecular flexibility index (Phi) is 11.1. The Bertz CT molecular complexity index is 1750. The van der Waals surface area contributed by atoms with Crippen molar-refractivity contribution < 1.29 is 54.2 Å². The Hall–Kier alpha value is -2.57. The zero-order valence-electron chi connectivity index (χ0n) is 34.7. The minimum atomic E-state index is -1.59. The van der Waals surface area contributed by atoms with Crippen LogP contribution < -0.4 is 0 Å². The zero-order valence-corrected chi connectivity index (χ0v) is 34.7. The molecule has 0 saturated heterocycles. The molecule has 316 valence electrons. The summed E-state index contributed by atoms with van der Waals surface area (Å²) in [6.07, 6.45) is 12.2. The van der Waals surface area contributed by atoms with Crippen molar-refractivity contribution in [3.05, 3.63) is 23.3 Å². The minimum Gasteiger partial charge on any atom is -0.458 e. The maximum atomic E-state index is 13.1. The van der Waals surface area contributed by atoms with Gasteiger partial charge in [0.25, 0.3) is 0 Å². The molecule has 57 heavy (non-hydrogen) atoms. The smallest absolute Gasteiger partial charge is 0.306 e. The lowest BCUT2D eigenvalue weighted by Crippen LogP contribution is -2.62. The number of ether oxygens (including phenoxy) is 1. The van der Waals surface area contributed by atoms with Gasteiger partial charge in [0.1, 0.15) is 17.8 Å². The van der Waals surface area contributed by atoms with Crippen molar-refractivity contribution in [1.29, 1.82) is 0 Å². The van der Waals surface area contributed by atoms with Gasteiger partial charge in [-0.3, -0.25) is 24.0 Å². The number of rotatable bonds is 7. The predicted molar refractivity (Wildman–Crippen MR) is 209 cm³/mol. The van der Waals surface area contributed by atoms with E-state index in [-0.39, 0.29) is 64.3 Å². The van der Waals surface area contributed by atoms with Gasteiger partial charge in [0.05, 0.1) is 12.2 Å². The number of carbonyl (C=O) groups excluding carboxylic acids is 5. The molecule has 0 amide bonds. The molecule has 6 saturated carbocycles. The molecule has 8 aliphatic carbocycles. The molecule has 0 bridgehead atoms. The molecule has 0 aromatic heterocycles. The van der Waals surface area contributed by atoms with Gasteiger partial charge in [-0.1, -0.05) is 45.8 Å². The van der Waals surface area contributed by atoms with Crippen molar-refractivity contribution in [3.63, 3.8) is 0 Å². The average molecular weight is 795 g/mol. The number of allylic oxidation sites excluding steroid dienone is 2. The van der Waals surface area contributed by atoms with E-state index in [1.54, 1.807) is 12.2 Å². The fraction of sp³-hybridized carbons (Fsp3) is 0.804. The van der Waals surface area contributed by atoms with Gasteiger partial charge >= 0.3 is 5.97 Å². The molecule has 6 fully saturated rings. The summed E-state index contributed by atoms with van der Waals surface area (Å²) in [5, 5.41) is 54.7. The number of esters is 1. The van der Waals surface area contributed by atoms with E-state index in [1.165, 1.54) is 11.1 Å². The first-order chi connectivity index (χ1) is 26.7. The van der Waals surface area contributed by atoms with Crippen LogP contribution in [0.4, 0.5) is 0 Å².